The minimum absolute atomic E-state index is 0.176. The summed E-state index contributed by atoms with van der Waals surface area (Å²) in [7, 11) is 0. The summed E-state index contributed by atoms with van der Waals surface area (Å²) < 4.78 is 41.2. The van der Waals surface area contributed by atoms with Gasteiger partial charge in [-0.15, -0.1) is 0 Å². The summed E-state index contributed by atoms with van der Waals surface area (Å²) >= 11 is 0. The number of halogens is 3. The van der Waals surface area contributed by atoms with Gasteiger partial charge in [0.25, 0.3) is 0 Å². The van der Waals surface area contributed by atoms with E-state index in [1.807, 2.05) is 0 Å². The van der Waals surface area contributed by atoms with Gasteiger partial charge in [-0.1, -0.05) is 19.3 Å². The Morgan fingerprint density at radius 2 is 1.69 bits per heavy atom. The fourth-order valence-electron chi connectivity index (χ4n) is 1.57. The molecule has 4 heteroatoms. The molecule has 0 heterocycles. The van der Waals surface area contributed by atoms with Crippen LogP contribution in [-0.2, 0) is 4.74 Å². The molecule has 1 atom stereocenters. The summed E-state index contributed by atoms with van der Waals surface area (Å²) in [5.41, 5.74) is 0. The Bertz CT molecular complexity index is 149. The van der Waals surface area contributed by atoms with Gasteiger partial charge in [0.2, 0.25) is 0 Å². The van der Waals surface area contributed by atoms with Crippen LogP contribution >= 0.6 is 0 Å². The second kappa shape index (κ2) is 4.31. The van der Waals surface area contributed by atoms with Gasteiger partial charge in [-0.2, -0.15) is 13.2 Å². The number of rotatable bonds is 2. The maximum atomic E-state index is 12.1. The minimum atomic E-state index is -4.21. The molecule has 0 aromatic carbocycles. The van der Waals surface area contributed by atoms with Gasteiger partial charge in [0.1, 0.15) is 0 Å². The quantitative estimate of drug-likeness (QED) is 0.658. The van der Waals surface area contributed by atoms with Crippen LogP contribution in [0, 0.1) is 0 Å². The first-order valence-electron chi connectivity index (χ1n) is 4.72. The van der Waals surface area contributed by atoms with Gasteiger partial charge >= 0.3 is 6.18 Å². The van der Waals surface area contributed by atoms with Gasteiger partial charge in [0.05, 0.1) is 6.10 Å². The van der Waals surface area contributed by atoms with E-state index in [0.717, 1.165) is 39.0 Å². The molecular weight excluding hydrogens is 181 g/mol. The third kappa shape index (κ3) is 3.55. The van der Waals surface area contributed by atoms with Crippen LogP contribution < -0.4 is 0 Å². The molecule has 0 aromatic rings. The maximum Gasteiger partial charge on any atom is 0.414 e. The Hall–Kier alpha value is -0.250. The van der Waals surface area contributed by atoms with E-state index >= 15 is 0 Å². The van der Waals surface area contributed by atoms with Gasteiger partial charge in [-0.3, -0.25) is 0 Å². The fourth-order valence-corrected chi connectivity index (χ4v) is 1.57. The topological polar surface area (TPSA) is 9.23 Å². The average Bonchev–Trinajstić information content (AvgIpc) is 2.04. The zero-order valence-electron chi connectivity index (χ0n) is 7.73. The molecule has 13 heavy (non-hydrogen) atoms. The Balaban J connectivity index is 2.30. The van der Waals surface area contributed by atoms with Crippen LogP contribution in [0.25, 0.3) is 0 Å². The van der Waals surface area contributed by atoms with Gasteiger partial charge < -0.3 is 4.74 Å². The lowest BCUT2D eigenvalue weighted by molar-refractivity contribution is -0.229. The van der Waals surface area contributed by atoms with Crippen LogP contribution in [0.3, 0.4) is 0 Å². The van der Waals surface area contributed by atoms with Crippen molar-refractivity contribution in [2.24, 2.45) is 0 Å². The van der Waals surface area contributed by atoms with Crippen molar-refractivity contribution in [2.75, 3.05) is 0 Å². The predicted octanol–water partition coefficient (Wildman–Crippen LogP) is 3.29. The third-order valence-electron chi connectivity index (χ3n) is 2.41. The van der Waals surface area contributed by atoms with Gasteiger partial charge in [-0.25, -0.2) is 0 Å². The third-order valence-corrected chi connectivity index (χ3v) is 2.41. The van der Waals surface area contributed by atoms with Crippen LogP contribution in [-0.4, -0.2) is 18.4 Å². The maximum absolute atomic E-state index is 12.1. The summed E-state index contributed by atoms with van der Waals surface area (Å²) in [4.78, 5) is 0. The zero-order chi connectivity index (χ0) is 9.90. The molecule has 1 unspecified atom stereocenters. The van der Waals surface area contributed by atoms with Gasteiger partial charge in [-0.05, 0) is 19.8 Å². The van der Waals surface area contributed by atoms with Gasteiger partial charge in [0, 0.05) is 0 Å². The molecule has 1 aliphatic carbocycles. The van der Waals surface area contributed by atoms with E-state index < -0.39 is 12.3 Å². The van der Waals surface area contributed by atoms with Crippen molar-refractivity contribution in [1.29, 1.82) is 0 Å². The SMILES string of the molecule is CC(OC1CCCCC1)C(F)(F)F. The molecule has 78 valence electrons. The molecule has 0 aliphatic heterocycles. The van der Waals surface area contributed by atoms with E-state index in [-0.39, 0.29) is 6.10 Å². The molecule has 1 rings (SSSR count). The van der Waals surface area contributed by atoms with E-state index in [1.54, 1.807) is 0 Å². The molecule has 0 amide bonds. The monoisotopic (exact) mass is 196 g/mol. The van der Waals surface area contributed by atoms with Crippen LogP contribution in [0.1, 0.15) is 39.0 Å². The molecule has 1 saturated carbocycles. The molecule has 0 aromatic heterocycles. The lowest BCUT2D eigenvalue weighted by Crippen LogP contribution is -2.33. The summed E-state index contributed by atoms with van der Waals surface area (Å²) in [5, 5.41) is 0. The first-order chi connectivity index (χ1) is 6.00. The molecule has 0 spiro atoms. The molecule has 0 bridgehead atoms. The van der Waals surface area contributed by atoms with Crippen LogP contribution in [0.2, 0.25) is 0 Å². The van der Waals surface area contributed by atoms with E-state index in [2.05, 4.69) is 0 Å². The highest BCUT2D eigenvalue weighted by Gasteiger charge is 2.38. The average molecular weight is 196 g/mol. The van der Waals surface area contributed by atoms with Crippen LogP contribution in [0.4, 0.5) is 13.2 Å². The van der Waals surface area contributed by atoms with Crippen molar-refractivity contribution < 1.29 is 17.9 Å². The van der Waals surface area contributed by atoms with Crippen LogP contribution in [0.5, 0.6) is 0 Å². The van der Waals surface area contributed by atoms with Gasteiger partial charge in [0.15, 0.2) is 6.10 Å². The van der Waals surface area contributed by atoms with E-state index in [0.29, 0.717) is 0 Å². The highest BCUT2D eigenvalue weighted by Crippen LogP contribution is 2.27. The Morgan fingerprint density at radius 3 is 2.15 bits per heavy atom. The Kier molecular flexibility index (Phi) is 3.59. The van der Waals surface area contributed by atoms with Crippen molar-refractivity contribution in [2.45, 2.75) is 57.4 Å². The van der Waals surface area contributed by atoms with Crippen molar-refractivity contribution >= 4 is 0 Å². The molecule has 0 saturated heterocycles. The summed E-state index contributed by atoms with van der Waals surface area (Å²) in [6.45, 7) is 1.08. The fraction of sp³-hybridized carbons (Fsp3) is 1.00. The van der Waals surface area contributed by atoms with Crippen molar-refractivity contribution in [3.8, 4) is 0 Å². The molecular formula is C9H15F3O. The molecule has 1 aliphatic rings. The van der Waals surface area contributed by atoms with Crippen molar-refractivity contribution in [3.63, 3.8) is 0 Å². The second-order valence-corrected chi connectivity index (χ2v) is 3.58. The van der Waals surface area contributed by atoms with E-state index in [1.165, 1.54) is 0 Å². The lowest BCUT2D eigenvalue weighted by atomic mass is 9.98. The molecule has 1 fully saturated rings. The number of hydrogen-bond acceptors (Lipinski definition) is 1. The van der Waals surface area contributed by atoms with Crippen molar-refractivity contribution in [1.82, 2.24) is 0 Å². The minimum Gasteiger partial charge on any atom is -0.366 e. The summed E-state index contributed by atoms with van der Waals surface area (Å²) in [6.07, 6.45) is -1.33. The van der Waals surface area contributed by atoms with Crippen LogP contribution in [0.15, 0.2) is 0 Å². The normalized spacial score (nSPS) is 23.1. The van der Waals surface area contributed by atoms with Crippen molar-refractivity contribution in [3.05, 3.63) is 0 Å². The summed E-state index contributed by atoms with van der Waals surface area (Å²) in [6, 6.07) is 0. The first kappa shape index (κ1) is 10.8. The lowest BCUT2D eigenvalue weighted by Gasteiger charge is -2.26. The standard InChI is InChI=1S/C9H15F3O/c1-7(9(10,11)12)13-8-5-3-2-4-6-8/h7-8H,2-6H2,1H3. The molecule has 1 nitrogen and oxygen atoms in total. The summed E-state index contributed by atoms with van der Waals surface area (Å²) in [5.74, 6) is 0. The Labute approximate surface area is 76.3 Å². The zero-order valence-corrected chi connectivity index (χ0v) is 7.73. The number of ether oxygens (including phenoxy) is 1. The predicted molar refractivity (Wildman–Crippen MR) is 43.5 cm³/mol. The van der Waals surface area contributed by atoms with E-state index in [4.69, 9.17) is 4.74 Å². The second-order valence-electron chi connectivity index (χ2n) is 3.58. The first-order valence-corrected chi connectivity index (χ1v) is 4.72. The molecule has 0 N–H and O–H groups in total. The number of hydrogen-bond donors (Lipinski definition) is 0. The number of alkyl halides is 3. The Morgan fingerprint density at radius 1 is 1.15 bits per heavy atom. The molecule has 0 radical (unpaired) electrons. The largest absolute Gasteiger partial charge is 0.414 e. The smallest absolute Gasteiger partial charge is 0.366 e. The van der Waals surface area contributed by atoms with E-state index in [9.17, 15) is 13.2 Å². The highest BCUT2D eigenvalue weighted by molar-refractivity contribution is 4.69. The highest BCUT2D eigenvalue weighted by atomic mass is 19.4.